The van der Waals surface area contributed by atoms with Crippen LogP contribution >= 0.6 is 0 Å². The molecule has 0 amide bonds. The van der Waals surface area contributed by atoms with Gasteiger partial charge in [0.2, 0.25) is 0 Å². The van der Waals surface area contributed by atoms with Crippen molar-refractivity contribution in [3.63, 3.8) is 0 Å². The van der Waals surface area contributed by atoms with Crippen LogP contribution < -0.4 is 4.83 Å². The molecule has 0 bridgehead atoms. The zero-order chi connectivity index (χ0) is 17.1. The Hall–Kier alpha value is -2.21. The van der Waals surface area contributed by atoms with Gasteiger partial charge in [-0.1, -0.05) is 45.0 Å². The first-order valence-corrected chi connectivity index (χ1v) is 8.58. The van der Waals surface area contributed by atoms with Crippen LogP contribution in [-0.4, -0.2) is 14.6 Å². The van der Waals surface area contributed by atoms with Crippen molar-refractivity contribution in [2.75, 3.05) is 0 Å². The van der Waals surface area contributed by atoms with Crippen LogP contribution in [0.1, 0.15) is 31.9 Å². The van der Waals surface area contributed by atoms with E-state index in [1.54, 1.807) is 0 Å². The molecule has 0 heterocycles. The normalized spacial score (nSPS) is 12.5. The van der Waals surface area contributed by atoms with Gasteiger partial charge >= 0.3 is 0 Å². The second-order valence-corrected chi connectivity index (χ2v) is 7.84. The van der Waals surface area contributed by atoms with Crippen LogP contribution in [0.2, 0.25) is 0 Å². The van der Waals surface area contributed by atoms with Gasteiger partial charge in [-0.3, -0.25) is 0 Å². The fourth-order valence-corrected chi connectivity index (χ4v) is 2.70. The molecule has 0 aliphatic rings. The topological polar surface area (TPSA) is 58.5 Å². The van der Waals surface area contributed by atoms with Crippen molar-refractivity contribution in [1.82, 2.24) is 4.83 Å². The Labute approximate surface area is 136 Å². The number of hydrazone groups is 1. The van der Waals surface area contributed by atoms with Crippen LogP contribution in [0.15, 0.2) is 58.5 Å². The lowest BCUT2D eigenvalue weighted by Crippen LogP contribution is -2.18. The molecule has 6 heteroatoms. The monoisotopic (exact) mass is 334 g/mol. The van der Waals surface area contributed by atoms with E-state index in [1.807, 2.05) is 24.3 Å². The van der Waals surface area contributed by atoms with Gasteiger partial charge in [-0.2, -0.15) is 13.5 Å². The Morgan fingerprint density at radius 1 is 1.00 bits per heavy atom. The minimum Gasteiger partial charge on any atom is -0.207 e. The van der Waals surface area contributed by atoms with Gasteiger partial charge in [0, 0.05) is 0 Å². The molecule has 0 spiro atoms. The molecule has 0 saturated heterocycles. The summed E-state index contributed by atoms with van der Waals surface area (Å²) in [6.07, 6.45) is 1.42. The fourth-order valence-electron chi connectivity index (χ4n) is 1.91. The quantitative estimate of drug-likeness (QED) is 0.688. The largest absolute Gasteiger partial charge is 0.276 e. The highest BCUT2D eigenvalue weighted by Gasteiger charge is 2.13. The highest BCUT2D eigenvalue weighted by atomic mass is 32.2. The summed E-state index contributed by atoms with van der Waals surface area (Å²) in [6.45, 7) is 6.35. The molecular weight excluding hydrogens is 315 g/mol. The first kappa shape index (κ1) is 17.1. The average Bonchev–Trinajstić information content (AvgIpc) is 2.47. The SMILES string of the molecule is CC(C)(C)c1ccc(/C=N/NS(=O)(=O)c2ccc(F)cc2)cc1. The lowest BCUT2D eigenvalue weighted by atomic mass is 9.87. The van der Waals surface area contributed by atoms with Crippen LogP contribution in [-0.2, 0) is 15.4 Å². The Morgan fingerprint density at radius 2 is 1.57 bits per heavy atom. The number of sulfonamides is 1. The number of hydrogen-bond acceptors (Lipinski definition) is 3. The number of hydrogen-bond donors (Lipinski definition) is 1. The van der Waals surface area contributed by atoms with E-state index < -0.39 is 15.8 Å². The predicted molar refractivity (Wildman–Crippen MR) is 89.5 cm³/mol. The van der Waals surface area contributed by atoms with E-state index in [4.69, 9.17) is 0 Å². The maximum absolute atomic E-state index is 12.8. The molecule has 2 rings (SSSR count). The molecule has 0 saturated carbocycles. The zero-order valence-electron chi connectivity index (χ0n) is 13.2. The summed E-state index contributed by atoms with van der Waals surface area (Å²) in [5.41, 5.74) is 2.01. The summed E-state index contributed by atoms with van der Waals surface area (Å²) in [5.74, 6) is -0.494. The molecule has 1 N–H and O–H groups in total. The van der Waals surface area contributed by atoms with Crippen LogP contribution in [0, 0.1) is 5.82 Å². The van der Waals surface area contributed by atoms with E-state index in [9.17, 15) is 12.8 Å². The number of nitrogens with zero attached hydrogens (tertiary/aromatic N) is 1. The molecule has 0 unspecified atom stereocenters. The first-order chi connectivity index (χ1) is 10.7. The maximum Gasteiger partial charge on any atom is 0.276 e. The second kappa shape index (κ2) is 6.50. The Bertz CT molecular complexity index is 790. The highest BCUT2D eigenvalue weighted by Crippen LogP contribution is 2.21. The van der Waals surface area contributed by atoms with Gasteiger partial charge in [0.05, 0.1) is 11.1 Å². The standard InChI is InChI=1S/C17H19FN2O2S/c1-17(2,3)14-6-4-13(5-7-14)12-19-20-23(21,22)16-10-8-15(18)9-11-16/h4-12,20H,1-3H3/b19-12+. The maximum atomic E-state index is 12.8. The average molecular weight is 334 g/mol. The fraction of sp³-hybridized carbons (Fsp3) is 0.235. The van der Waals surface area contributed by atoms with E-state index in [0.717, 1.165) is 17.7 Å². The molecule has 122 valence electrons. The van der Waals surface area contributed by atoms with Crippen molar-refractivity contribution in [3.05, 3.63) is 65.5 Å². The van der Waals surface area contributed by atoms with Crippen LogP contribution in [0.4, 0.5) is 4.39 Å². The molecule has 2 aromatic rings. The first-order valence-electron chi connectivity index (χ1n) is 7.09. The highest BCUT2D eigenvalue weighted by molar-refractivity contribution is 7.89. The third-order valence-corrected chi connectivity index (χ3v) is 4.53. The predicted octanol–water partition coefficient (Wildman–Crippen LogP) is 3.44. The second-order valence-electron chi connectivity index (χ2n) is 6.18. The summed E-state index contributed by atoms with van der Waals surface area (Å²) >= 11 is 0. The molecule has 23 heavy (non-hydrogen) atoms. The third-order valence-electron chi connectivity index (χ3n) is 3.29. The van der Waals surface area contributed by atoms with Gasteiger partial charge in [0.25, 0.3) is 10.0 Å². The number of rotatable bonds is 4. The molecule has 0 aromatic heterocycles. The van der Waals surface area contributed by atoms with Crippen molar-refractivity contribution < 1.29 is 12.8 Å². The summed E-state index contributed by atoms with van der Waals surface area (Å²) < 4.78 is 36.8. The zero-order valence-corrected chi connectivity index (χ0v) is 14.1. The van der Waals surface area contributed by atoms with Crippen molar-refractivity contribution >= 4 is 16.2 Å². The minimum atomic E-state index is -3.79. The van der Waals surface area contributed by atoms with E-state index in [-0.39, 0.29) is 10.3 Å². The summed E-state index contributed by atoms with van der Waals surface area (Å²) in [4.78, 5) is 2.06. The van der Waals surface area contributed by atoms with Crippen molar-refractivity contribution in [2.45, 2.75) is 31.1 Å². The van der Waals surface area contributed by atoms with Crippen molar-refractivity contribution in [2.24, 2.45) is 5.10 Å². The molecule has 2 aromatic carbocycles. The number of nitrogens with one attached hydrogen (secondary N) is 1. The van der Waals surface area contributed by atoms with Gasteiger partial charge in [0.1, 0.15) is 5.82 Å². The van der Waals surface area contributed by atoms with Crippen LogP contribution in [0.3, 0.4) is 0 Å². The smallest absolute Gasteiger partial charge is 0.207 e. The lowest BCUT2D eigenvalue weighted by Gasteiger charge is -2.18. The summed E-state index contributed by atoms with van der Waals surface area (Å²) in [5, 5.41) is 3.75. The minimum absolute atomic E-state index is 0.0425. The number of benzene rings is 2. The van der Waals surface area contributed by atoms with Gasteiger partial charge < -0.3 is 0 Å². The Kier molecular flexibility index (Phi) is 4.85. The van der Waals surface area contributed by atoms with Crippen LogP contribution in [0.25, 0.3) is 0 Å². The van der Waals surface area contributed by atoms with E-state index in [0.29, 0.717) is 0 Å². The van der Waals surface area contributed by atoms with Gasteiger partial charge in [-0.05, 0) is 40.8 Å². The van der Waals surface area contributed by atoms with E-state index in [1.165, 1.54) is 23.9 Å². The van der Waals surface area contributed by atoms with Gasteiger partial charge in [0.15, 0.2) is 0 Å². The molecule has 0 aliphatic carbocycles. The molecule has 4 nitrogen and oxygen atoms in total. The molecule has 0 radical (unpaired) electrons. The molecule has 0 aliphatic heterocycles. The van der Waals surface area contributed by atoms with Crippen molar-refractivity contribution in [1.29, 1.82) is 0 Å². The Balaban J connectivity index is 2.07. The lowest BCUT2D eigenvalue weighted by molar-refractivity contribution is 0.583. The van der Waals surface area contributed by atoms with Crippen LogP contribution in [0.5, 0.6) is 0 Å². The number of halogens is 1. The Morgan fingerprint density at radius 3 is 2.09 bits per heavy atom. The third kappa shape index (κ3) is 4.63. The van der Waals surface area contributed by atoms with Crippen molar-refractivity contribution in [3.8, 4) is 0 Å². The summed E-state index contributed by atoms with van der Waals surface area (Å²) in [7, 11) is -3.79. The van der Waals surface area contributed by atoms with E-state index in [2.05, 4.69) is 30.7 Å². The van der Waals surface area contributed by atoms with Gasteiger partial charge in [-0.25, -0.2) is 9.22 Å². The van der Waals surface area contributed by atoms with E-state index >= 15 is 0 Å². The van der Waals surface area contributed by atoms with Gasteiger partial charge in [-0.15, -0.1) is 0 Å². The molecule has 0 atom stereocenters. The molecule has 0 fully saturated rings. The summed E-state index contributed by atoms with van der Waals surface area (Å²) in [6, 6.07) is 12.3. The molecular formula is C17H19FN2O2S.